The van der Waals surface area contributed by atoms with Crippen LogP contribution in [0.2, 0.25) is 0 Å². The molecule has 1 aromatic carbocycles. The second kappa shape index (κ2) is 11.5. The third-order valence-electron chi connectivity index (χ3n) is 5.85. The number of carbonyl (C=O) groups excluding carboxylic acids is 3. The van der Waals surface area contributed by atoms with Crippen LogP contribution in [-0.4, -0.2) is 75.6 Å². The van der Waals surface area contributed by atoms with Crippen LogP contribution in [-0.2, 0) is 30.4 Å². The summed E-state index contributed by atoms with van der Waals surface area (Å²) in [7, 11) is 0. The second-order valence-electron chi connectivity index (χ2n) is 8.50. The Morgan fingerprint density at radius 2 is 1.74 bits per heavy atom. The van der Waals surface area contributed by atoms with Crippen LogP contribution in [0.4, 0.5) is 0 Å². The fourth-order valence-corrected chi connectivity index (χ4v) is 3.94. The molecule has 4 unspecified atom stereocenters. The number of rotatable bonds is 11. The zero-order chi connectivity index (χ0) is 25.5. The summed E-state index contributed by atoms with van der Waals surface area (Å²) in [6.07, 6.45) is 2.34. The van der Waals surface area contributed by atoms with E-state index in [0.29, 0.717) is 18.5 Å². The summed E-state index contributed by atoms with van der Waals surface area (Å²) in [5.41, 5.74) is 1.50. The van der Waals surface area contributed by atoms with Crippen molar-refractivity contribution in [1.82, 2.24) is 26.3 Å². The zero-order valence-electron chi connectivity index (χ0n) is 19.2. The van der Waals surface area contributed by atoms with Crippen molar-refractivity contribution in [3.05, 3.63) is 36.0 Å². The minimum absolute atomic E-state index is 0.00580. The number of aliphatic carboxylic acids is 2. The highest BCUT2D eigenvalue weighted by Gasteiger charge is 2.32. The van der Waals surface area contributed by atoms with Gasteiger partial charge in [-0.3, -0.25) is 24.0 Å². The number of hydrogen-bond donors (Lipinski definition) is 7. The molecule has 0 aliphatic carbocycles. The Kier molecular flexibility index (Phi) is 8.42. The van der Waals surface area contributed by atoms with Crippen molar-refractivity contribution in [2.75, 3.05) is 6.54 Å². The molecule has 0 radical (unpaired) electrons. The number of carboxylic acid groups (broad SMARTS) is 2. The summed E-state index contributed by atoms with van der Waals surface area (Å²) < 4.78 is 0. The van der Waals surface area contributed by atoms with Crippen molar-refractivity contribution >= 4 is 40.6 Å². The Labute approximate surface area is 200 Å². The molecule has 7 N–H and O–H groups in total. The first-order valence-electron chi connectivity index (χ1n) is 11.3. The van der Waals surface area contributed by atoms with Gasteiger partial charge in [-0.25, -0.2) is 0 Å². The molecule has 1 saturated heterocycles. The van der Waals surface area contributed by atoms with Gasteiger partial charge in [-0.1, -0.05) is 18.2 Å². The first-order valence-corrected chi connectivity index (χ1v) is 11.3. The molecular formula is C23H29N5O7. The lowest BCUT2D eigenvalue weighted by atomic mass is 10.0. The van der Waals surface area contributed by atoms with E-state index in [2.05, 4.69) is 26.3 Å². The van der Waals surface area contributed by atoms with Crippen molar-refractivity contribution in [3.8, 4) is 0 Å². The van der Waals surface area contributed by atoms with E-state index in [0.717, 1.165) is 17.3 Å². The molecule has 3 amide bonds. The van der Waals surface area contributed by atoms with Gasteiger partial charge in [0, 0.05) is 23.5 Å². The number of amides is 3. The minimum atomic E-state index is -1.42. The molecule has 1 aliphatic rings. The summed E-state index contributed by atoms with van der Waals surface area (Å²) in [6, 6.07) is 2.94. The first kappa shape index (κ1) is 25.7. The molecule has 12 nitrogen and oxygen atoms in total. The number of fused-ring (bicyclic) bond motifs is 1. The van der Waals surface area contributed by atoms with E-state index in [1.54, 1.807) is 6.20 Å². The van der Waals surface area contributed by atoms with Crippen LogP contribution in [0.5, 0.6) is 0 Å². The van der Waals surface area contributed by atoms with Crippen molar-refractivity contribution in [2.45, 2.75) is 56.8 Å². The molecule has 188 valence electrons. The van der Waals surface area contributed by atoms with Gasteiger partial charge in [-0.05, 0) is 37.9 Å². The van der Waals surface area contributed by atoms with E-state index in [1.807, 2.05) is 24.3 Å². The van der Waals surface area contributed by atoms with Gasteiger partial charge >= 0.3 is 11.9 Å². The molecule has 0 bridgehead atoms. The lowest BCUT2D eigenvalue weighted by Crippen LogP contribution is -2.57. The fourth-order valence-electron chi connectivity index (χ4n) is 3.94. The van der Waals surface area contributed by atoms with E-state index in [9.17, 15) is 29.1 Å². The largest absolute Gasteiger partial charge is 0.481 e. The molecule has 12 heteroatoms. The van der Waals surface area contributed by atoms with Crippen molar-refractivity contribution < 1.29 is 34.2 Å². The SMILES string of the molecule is CC(NC(=O)C(Cc1c[nH]c2ccccc12)NC(=O)C(CC(=O)O)NC(=O)C1CCCN1)C(=O)O. The number of aromatic nitrogens is 1. The van der Waals surface area contributed by atoms with Gasteiger partial charge < -0.3 is 36.5 Å². The van der Waals surface area contributed by atoms with Crippen molar-refractivity contribution in [3.63, 3.8) is 0 Å². The summed E-state index contributed by atoms with van der Waals surface area (Å²) in [5, 5.41) is 29.5. The Morgan fingerprint density at radius 1 is 1.03 bits per heavy atom. The van der Waals surface area contributed by atoms with Gasteiger partial charge in [0.2, 0.25) is 17.7 Å². The zero-order valence-corrected chi connectivity index (χ0v) is 19.2. The highest BCUT2D eigenvalue weighted by molar-refractivity contribution is 5.96. The van der Waals surface area contributed by atoms with Gasteiger partial charge in [0.25, 0.3) is 0 Å². The van der Waals surface area contributed by atoms with Crippen LogP contribution in [0.3, 0.4) is 0 Å². The molecule has 4 atom stereocenters. The number of nitrogens with one attached hydrogen (secondary N) is 5. The highest BCUT2D eigenvalue weighted by Crippen LogP contribution is 2.19. The Bertz CT molecular complexity index is 1110. The summed E-state index contributed by atoms with van der Waals surface area (Å²) in [6.45, 7) is 1.93. The first-order chi connectivity index (χ1) is 16.7. The molecule has 1 fully saturated rings. The smallest absolute Gasteiger partial charge is 0.325 e. The maximum absolute atomic E-state index is 13.0. The highest BCUT2D eigenvalue weighted by atomic mass is 16.4. The quantitative estimate of drug-likeness (QED) is 0.221. The maximum atomic E-state index is 13.0. The number of aromatic amines is 1. The Balaban J connectivity index is 1.80. The van der Waals surface area contributed by atoms with E-state index in [-0.39, 0.29) is 6.42 Å². The third-order valence-corrected chi connectivity index (χ3v) is 5.85. The molecule has 35 heavy (non-hydrogen) atoms. The summed E-state index contributed by atoms with van der Waals surface area (Å²) >= 11 is 0. The predicted molar refractivity (Wildman–Crippen MR) is 124 cm³/mol. The minimum Gasteiger partial charge on any atom is -0.481 e. The maximum Gasteiger partial charge on any atom is 0.325 e. The van der Waals surface area contributed by atoms with E-state index in [1.165, 1.54) is 6.92 Å². The van der Waals surface area contributed by atoms with Gasteiger partial charge in [-0.15, -0.1) is 0 Å². The topological polar surface area (TPSA) is 190 Å². The van der Waals surface area contributed by atoms with Crippen LogP contribution in [0.1, 0.15) is 31.7 Å². The lowest BCUT2D eigenvalue weighted by molar-refractivity contribution is -0.143. The molecule has 1 aliphatic heterocycles. The van der Waals surface area contributed by atoms with E-state index >= 15 is 0 Å². The Morgan fingerprint density at radius 3 is 2.40 bits per heavy atom. The van der Waals surface area contributed by atoms with Crippen LogP contribution in [0, 0.1) is 0 Å². The summed E-state index contributed by atoms with van der Waals surface area (Å²) in [4.78, 5) is 64.1. The lowest BCUT2D eigenvalue weighted by Gasteiger charge is -2.24. The molecule has 2 heterocycles. The average Bonchev–Trinajstić information content (AvgIpc) is 3.48. The number of carbonyl (C=O) groups is 5. The summed E-state index contributed by atoms with van der Waals surface area (Å²) in [5.74, 6) is -4.67. The Hall–Kier alpha value is -3.93. The predicted octanol–water partition coefficient (Wildman–Crippen LogP) is -0.504. The molecule has 0 saturated carbocycles. The third kappa shape index (κ3) is 6.79. The van der Waals surface area contributed by atoms with Gasteiger partial charge in [0.15, 0.2) is 0 Å². The van der Waals surface area contributed by atoms with Crippen molar-refractivity contribution in [1.29, 1.82) is 0 Å². The molecular weight excluding hydrogens is 458 g/mol. The van der Waals surface area contributed by atoms with Gasteiger partial charge in [0.05, 0.1) is 12.5 Å². The number of carboxylic acids is 2. The number of para-hydroxylation sites is 1. The van der Waals surface area contributed by atoms with Crippen molar-refractivity contribution in [2.24, 2.45) is 0 Å². The fraction of sp³-hybridized carbons (Fsp3) is 0.435. The normalized spacial score (nSPS) is 17.8. The van der Waals surface area contributed by atoms with Crippen LogP contribution < -0.4 is 21.3 Å². The van der Waals surface area contributed by atoms with Crippen LogP contribution in [0.25, 0.3) is 10.9 Å². The standard InChI is InChI=1S/C23H29N5O7/c1-12(23(34)35)26-21(32)17(9-13-11-25-15-6-3-2-5-14(13)15)27-22(33)18(10-19(29)30)28-20(31)16-7-4-8-24-16/h2-3,5-6,11-12,16-18,24-25H,4,7-10H2,1H3,(H,26,32)(H,27,33)(H,28,31)(H,29,30)(H,34,35). The number of hydrogen-bond acceptors (Lipinski definition) is 6. The monoisotopic (exact) mass is 487 g/mol. The van der Waals surface area contributed by atoms with Gasteiger partial charge in [-0.2, -0.15) is 0 Å². The second-order valence-corrected chi connectivity index (χ2v) is 8.50. The van der Waals surface area contributed by atoms with Crippen LogP contribution in [0.15, 0.2) is 30.5 Å². The molecule has 1 aromatic heterocycles. The molecule has 2 aromatic rings. The molecule has 3 rings (SSSR count). The number of benzene rings is 1. The van der Waals surface area contributed by atoms with Gasteiger partial charge in [0.1, 0.15) is 18.1 Å². The average molecular weight is 488 g/mol. The van der Waals surface area contributed by atoms with Crippen LogP contribution >= 0.6 is 0 Å². The number of H-pyrrole nitrogens is 1. The molecule has 0 spiro atoms. The van der Waals surface area contributed by atoms with E-state index < -0.39 is 60.2 Å². The van der Waals surface area contributed by atoms with E-state index in [4.69, 9.17) is 5.11 Å².